The van der Waals surface area contributed by atoms with Crippen LogP contribution in [0.3, 0.4) is 0 Å². The quantitative estimate of drug-likeness (QED) is 0.504. The molecule has 0 N–H and O–H groups in total. The highest BCUT2D eigenvalue weighted by Gasteiger charge is 2.28. The van der Waals surface area contributed by atoms with Crippen LogP contribution < -0.4 is 10.3 Å². The zero-order valence-corrected chi connectivity index (χ0v) is 16.1. The fourth-order valence-electron chi connectivity index (χ4n) is 3.41. The number of imidazole rings is 1. The number of thiophene rings is 1. The van der Waals surface area contributed by atoms with Crippen molar-refractivity contribution in [1.29, 1.82) is 0 Å². The van der Waals surface area contributed by atoms with Crippen molar-refractivity contribution in [2.75, 3.05) is 0 Å². The second-order valence-electron chi connectivity index (χ2n) is 7.09. The lowest BCUT2D eigenvalue weighted by atomic mass is 10.2. The van der Waals surface area contributed by atoms with Crippen LogP contribution in [-0.2, 0) is 13.7 Å². The Morgan fingerprint density at radius 2 is 2.11 bits per heavy atom. The molecule has 7 heteroatoms. The molecule has 0 bridgehead atoms. The zero-order chi connectivity index (χ0) is 19.3. The van der Waals surface area contributed by atoms with Crippen LogP contribution in [0.25, 0.3) is 16.7 Å². The van der Waals surface area contributed by atoms with Gasteiger partial charge in [-0.15, -0.1) is 11.3 Å². The summed E-state index contributed by atoms with van der Waals surface area (Å²) in [6.45, 7) is 0.231. The number of benzene rings is 1. The van der Waals surface area contributed by atoms with Crippen molar-refractivity contribution in [3.8, 4) is 11.4 Å². The maximum atomic E-state index is 13.0. The summed E-state index contributed by atoms with van der Waals surface area (Å²) in [6.07, 6.45) is 4.09. The topological polar surface area (TPSA) is 49.0 Å². The van der Waals surface area contributed by atoms with Crippen LogP contribution in [-0.4, -0.2) is 14.1 Å². The first-order valence-corrected chi connectivity index (χ1v) is 10.0. The van der Waals surface area contributed by atoms with Crippen molar-refractivity contribution in [1.82, 2.24) is 14.1 Å². The van der Waals surface area contributed by atoms with Crippen LogP contribution in [0.4, 0.5) is 4.39 Å². The summed E-state index contributed by atoms with van der Waals surface area (Å²) in [6, 6.07) is 10.5. The second-order valence-corrected chi connectivity index (χ2v) is 7.96. The Kier molecular flexibility index (Phi) is 4.05. The smallest absolute Gasteiger partial charge is 0.258 e. The van der Waals surface area contributed by atoms with E-state index in [0.29, 0.717) is 11.7 Å². The minimum Gasteiger partial charge on any atom is -0.489 e. The summed E-state index contributed by atoms with van der Waals surface area (Å²) >= 11 is 1.03. The average molecular weight is 395 g/mol. The predicted octanol–water partition coefficient (Wildman–Crippen LogP) is 4.38. The van der Waals surface area contributed by atoms with Gasteiger partial charge in [0.15, 0.2) is 5.13 Å². The number of aryl methyl sites for hydroxylation is 1. The second kappa shape index (κ2) is 6.60. The Labute approximate surface area is 164 Å². The molecule has 0 atom stereocenters. The third-order valence-electron chi connectivity index (χ3n) is 5.04. The third kappa shape index (κ3) is 3.11. The van der Waals surface area contributed by atoms with Gasteiger partial charge < -0.3 is 9.30 Å². The highest BCUT2D eigenvalue weighted by Crippen LogP contribution is 2.40. The summed E-state index contributed by atoms with van der Waals surface area (Å²) in [4.78, 5) is 17.3. The average Bonchev–Trinajstić information content (AvgIpc) is 3.37. The summed E-state index contributed by atoms with van der Waals surface area (Å²) in [5.41, 5.74) is 3.32. The van der Waals surface area contributed by atoms with E-state index in [1.54, 1.807) is 22.2 Å². The number of hydrogen-bond acceptors (Lipinski definition) is 4. The number of pyridine rings is 1. The molecule has 0 spiro atoms. The molecule has 5 nitrogen and oxygen atoms in total. The van der Waals surface area contributed by atoms with Gasteiger partial charge >= 0.3 is 0 Å². The molecular weight excluding hydrogens is 377 g/mol. The zero-order valence-electron chi connectivity index (χ0n) is 15.3. The summed E-state index contributed by atoms with van der Waals surface area (Å²) in [5, 5.41) is 1.46. The Balaban J connectivity index is 1.42. The molecule has 0 amide bonds. The van der Waals surface area contributed by atoms with Gasteiger partial charge in [0.05, 0.1) is 16.7 Å². The van der Waals surface area contributed by atoms with Crippen LogP contribution in [0, 0.1) is 5.13 Å². The molecule has 1 aliphatic carbocycles. The van der Waals surface area contributed by atoms with E-state index in [1.807, 2.05) is 25.2 Å². The highest BCUT2D eigenvalue weighted by atomic mass is 32.1. The summed E-state index contributed by atoms with van der Waals surface area (Å²) in [7, 11) is 2.03. The first-order valence-electron chi connectivity index (χ1n) is 9.13. The van der Waals surface area contributed by atoms with Crippen LogP contribution in [0.5, 0.6) is 5.75 Å². The van der Waals surface area contributed by atoms with E-state index in [0.717, 1.165) is 39.4 Å². The molecule has 5 rings (SSSR count). The molecule has 3 heterocycles. The van der Waals surface area contributed by atoms with Gasteiger partial charge in [-0.05, 0) is 43.2 Å². The first kappa shape index (κ1) is 17.2. The Morgan fingerprint density at radius 1 is 1.25 bits per heavy atom. The minimum absolute atomic E-state index is 0.182. The number of halogens is 1. The summed E-state index contributed by atoms with van der Waals surface area (Å²) < 4.78 is 22.4. The number of aromatic nitrogens is 3. The Bertz CT molecular complexity index is 1240. The minimum atomic E-state index is -0.246. The molecule has 28 heavy (non-hydrogen) atoms. The van der Waals surface area contributed by atoms with Crippen molar-refractivity contribution >= 4 is 22.4 Å². The predicted molar refractivity (Wildman–Crippen MR) is 107 cm³/mol. The van der Waals surface area contributed by atoms with Gasteiger partial charge in [-0.1, -0.05) is 0 Å². The van der Waals surface area contributed by atoms with Gasteiger partial charge in [0.1, 0.15) is 18.2 Å². The molecule has 1 aromatic carbocycles. The maximum absolute atomic E-state index is 13.0. The highest BCUT2D eigenvalue weighted by molar-refractivity contribution is 7.08. The van der Waals surface area contributed by atoms with Gasteiger partial charge in [0, 0.05) is 36.2 Å². The molecule has 4 aromatic rings. The van der Waals surface area contributed by atoms with Crippen molar-refractivity contribution in [2.45, 2.75) is 25.4 Å². The SMILES string of the molecule is Cn1c(C2CC2)nc2ccc(-n3ccc(OCc4csc(F)c4)cc3=O)cc21. The summed E-state index contributed by atoms with van der Waals surface area (Å²) in [5.74, 6) is 2.15. The van der Waals surface area contributed by atoms with Crippen LogP contribution in [0.2, 0.25) is 0 Å². The van der Waals surface area contributed by atoms with Crippen molar-refractivity contribution in [3.63, 3.8) is 0 Å². The molecule has 1 fully saturated rings. The molecule has 3 aromatic heterocycles. The largest absolute Gasteiger partial charge is 0.489 e. The van der Waals surface area contributed by atoms with Gasteiger partial charge in [0.25, 0.3) is 5.56 Å². The number of hydrogen-bond donors (Lipinski definition) is 0. The molecular formula is C21H18FN3O2S. The van der Waals surface area contributed by atoms with E-state index >= 15 is 0 Å². The molecule has 1 saturated carbocycles. The van der Waals surface area contributed by atoms with Gasteiger partial charge in [-0.2, -0.15) is 4.39 Å². The lowest BCUT2D eigenvalue weighted by Crippen LogP contribution is -2.16. The fourth-order valence-corrected chi connectivity index (χ4v) is 4.02. The number of fused-ring (bicyclic) bond motifs is 1. The van der Waals surface area contributed by atoms with Crippen LogP contribution in [0.15, 0.2) is 52.8 Å². The fraction of sp³-hybridized carbons (Fsp3) is 0.238. The number of rotatable bonds is 5. The maximum Gasteiger partial charge on any atom is 0.258 e. The number of nitrogens with zero attached hydrogens (tertiary/aromatic N) is 3. The van der Waals surface area contributed by atoms with Gasteiger partial charge in [-0.25, -0.2) is 4.98 Å². The molecule has 0 radical (unpaired) electrons. The van der Waals surface area contributed by atoms with Gasteiger partial charge in [-0.3, -0.25) is 9.36 Å². The lowest BCUT2D eigenvalue weighted by molar-refractivity contribution is 0.305. The van der Waals surface area contributed by atoms with E-state index in [9.17, 15) is 9.18 Å². The monoisotopic (exact) mass is 395 g/mol. The van der Waals surface area contributed by atoms with E-state index in [1.165, 1.54) is 25.0 Å². The van der Waals surface area contributed by atoms with Crippen LogP contribution >= 0.6 is 11.3 Å². The van der Waals surface area contributed by atoms with Crippen LogP contribution in [0.1, 0.15) is 30.1 Å². The lowest BCUT2D eigenvalue weighted by Gasteiger charge is -2.09. The van der Waals surface area contributed by atoms with E-state index in [4.69, 9.17) is 9.72 Å². The Morgan fingerprint density at radius 3 is 2.82 bits per heavy atom. The Hall–Kier alpha value is -2.93. The molecule has 0 aliphatic heterocycles. The van der Waals surface area contributed by atoms with Crippen molar-refractivity contribution in [2.24, 2.45) is 7.05 Å². The van der Waals surface area contributed by atoms with E-state index in [2.05, 4.69) is 4.57 Å². The van der Waals surface area contributed by atoms with Crippen molar-refractivity contribution in [3.05, 3.63) is 74.8 Å². The van der Waals surface area contributed by atoms with E-state index in [-0.39, 0.29) is 17.3 Å². The number of ether oxygens (including phenoxy) is 1. The van der Waals surface area contributed by atoms with Gasteiger partial charge in [0.2, 0.25) is 0 Å². The molecule has 142 valence electrons. The molecule has 0 saturated heterocycles. The molecule has 1 aliphatic rings. The van der Waals surface area contributed by atoms with E-state index < -0.39 is 0 Å². The standard InChI is InChI=1S/C21H18FN3O2S/c1-24-18-9-15(4-5-17(18)23-21(24)14-2-3-14)25-7-6-16(10-20(25)26)27-11-13-8-19(22)28-12-13/h4-10,12,14H,2-3,11H2,1H3. The van der Waals surface area contributed by atoms with Crippen molar-refractivity contribution < 1.29 is 9.13 Å². The normalized spacial score (nSPS) is 13.9. The third-order valence-corrected chi connectivity index (χ3v) is 5.80. The first-order chi connectivity index (χ1) is 13.6. The molecule has 0 unspecified atom stereocenters.